The van der Waals surface area contributed by atoms with Crippen molar-refractivity contribution in [3.05, 3.63) is 23.4 Å². The number of ether oxygens (including phenoxy) is 2. The van der Waals surface area contributed by atoms with E-state index in [4.69, 9.17) is 27.4 Å². The van der Waals surface area contributed by atoms with Crippen molar-refractivity contribution in [3.63, 3.8) is 0 Å². The largest absolute Gasteiger partial charge is 0.389 e. The zero-order valence-corrected chi connectivity index (χ0v) is 13.4. The van der Waals surface area contributed by atoms with Crippen LogP contribution in [0.3, 0.4) is 0 Å². The van der Waals surface area contributed by atoms with E-state index in [0.29, 0.717) is 24.7 Å². The maximum absolute atomic E-state index is 5.81. The van der Waals surface area contributed by atoms with Crippen molar-refractivity contribution < 1.29 is 9.47 Å². The highest BCUT2D eigenvalue weighted by molar-refractivity contribution is 7.80. The van der Waals surface area contributed by atoms with E-state index < -0.39 is 0 Å². The van der Waals surface area contributed by atoms with E-state index in [1.165, 1.54) is 0 Å². The minimum absolute atomic E-state index is 0.151. The summed E-state index contributed by atoms with van der Waals surface area (Å²) in [5.41, 5.74) is 7.51. The van der Waals surface area contributed by atoms with Gasteiger partial charge in [0.1, 0.15) is 10.8 Å². The SMILES string of the molecule is COCCN(c1nc(C)ccc1C(N)=S)C(C)COC. The number of hydrogen-bond donors (Lipinski definition) is 1. The molecule has 0 aromatic carbocycles. The Hall–Kier alpha value is -1.24. The predicted octanol–water partition coefficient (Wildman–Crippen LogP) is 1.51. The average molecular weight is 297 g/mol. The molecular weight excluding hydrogens is 274 g/mol. The Balaban J connectivity index is 3.16. The van der Waals surface area contributed by atoms with Crippen LogP contribution in [0.4, 0.5) is 5.82 Å². The minimum atomic E-state index is 0.151. The van der Waals surface area contributed by atoms with E-state index in [1.807, 2.05) is 19.1 Å². The van der Waals surface area contributed by atoms with Crippen LogP contribution in [0.1, 0.15) is 18.2 Å². The van der Waals surface area contributed by atoms with Crippen LogP contribution in [0, 0.1) is 6.92 Å². The standard InChI is InChI=1S/C14H23N3O2S/c1-10-5-6-12(13(15)20)14(16-10)17(7-8-18-3)11(2)9-19-4/h5-6,11H,7-9H2,1-4H3,(H2,15,20). The molecule has 0 bridgehead atoms. The first kappa shape index (κ1) is 16.8. The smallest absolute Gasteiger partial charge is 0.139 e. The molecule has 0 radical (unpaired) electrons. The fourth-order valence-electron chi connectivity index (χ4n) is 2.01. The molecule has 0 aliphatic heterocycles. The van der Waals surface area contributed by atoms with E-state index in [2.05, 4.69) is 16.8 Å². The number of aromatic nitrogens is 1. The molecule has 2 N–H and O–H groups in total. The molecule has 20 heavy (non-hydrogen) atoms. The second-order valence-electron chi connectivity index (χ2n) is 4.68. The highest BCUT2D eigenvalue weighted by Crippen LogP contribution is 2.21. The van der Waals surface area contributed by atoms with Gasteiger partial charge in [-0.3, -0.25) is 0 Å². The Bertz CT molecular complexity index is 454. The molecule has 1 unspecified atom stereocenters. The quantitative estimate of drug-likeness (QED) is 0.734. The Morgan fingerprint density at radius 2 is 2.10 bits per heavy atom. The molecule has 6 heteroatoms. The topological polar surface area (TPSA) is 60.6 Å². The van der Waals surface area contributed by atoms with Gasteiger partial charge in [-0.1, -0.05) is 12.2 Å². The highest BCUT2D eigenvalue weighted by Gasteiger charge is 2.20. The lowest BCUT2D eigenvalue weighted by atomic mass is 10.2. The molecule has 0 spiro atoms. The molecule has 0 fully saturated rings. The summed E-state index contributed by atoms with van der Waals surface area (Å²) < 4.78 is 10.4. The predicted molar refractivity (Wildman–Crippen MR) is 85.4 cm³/mol. The van der Waals surface area contributed by atoms with Gasteiger partial charge in [0.2, 0.25) is 0 Å². The van der Waals surface area contributed by atoms with Gasteiger partial charge < -0.3 is 20.1 Å². The van der Waals surface area contributed by atoms with Crippen LogP contribution in [0.15, 0.2) is 12.1 Å². The molecule has 0 saturated heterocycles. The summed E-state index contributed by atoms with van der Waals surface area (Å²) in [6, 6.07) is 3.98. The van der Waals surface area contributed by atoms with Crippen molar-refractivity contribution in [2.24, 2.45) is 5.73 Å². The van der Waals surface area contributed by atoms with Crippen LogP contribution in [0.2, 0.25) is 0 Å². The number of thiocarbonyl (C=S) groups is 1. The number of hydrogen-bond acceptors (Lipinski definition) is 5. The number of nitrogens with zero attached hydrogens (tertiary/aromatic N) is 2. The third kappa shape index (κ3) is 4.40. The fourth-order valence-corrected chi connectivity index (χ4v) is 2.17. The molecule has 1 aromatic heterocycles. The van der Waals surface area contributed by atoms with Gasteiger partial charge in [-0.05, 0) is 26.0 Å². The summed E-state index contributed by atoms with van der Waals surface area (Å²) in [6.45, 7) is 5.92. The van der Waals surface area contributed by atoms with Gasteiger partial charge >= 0.3 is 0 Å². The lowest BCUT2D eigenvalue weighted by Gasteiger charge is -2.31. The number of methoxy groups -OCH3 is 2. The van der Waals surface area contributed by atoms with Crippen LogP contribution in [-0.2, 0) is 9.47 Å². The van der Waals surface area contributed by atoms with Gasteiger partial charge in [-0.15, -0.1) is 0 Å². The molecule has 1 heterocycles. The summed E-state index contributed by atoms with van der Waals surface area (Å²) in [6.07, 6.45) is 0. The molecule has 5 nitrogen and oxygen atoms in total. The zero-order valence-electron chi connectivity index (χ0n) is 12.5. The summed E-state index contributed by atoms with van der Waals surface area (Å²) in [7, 11) is 3.36. The summed E-state index contributed by atoms with van der Waals surface area (Å²) in [5.74, 6) is 0.791. The van der Waals surface area contributed by atoms with E-state index in [9.17, 15) is 0 Å². The van der Waals surface area contributed by atoms with E-state index in [-0.39, 0.29) is 6.04 Å². The second-order valence-corrected chi connectivity index (χ2v) is 5.12. The van der Waals surface area contributed by atoms with Crippen molar-refractivity contribution in [2.75, 3.05) is 38.9 Å². The molecule has 0 aliphatic rings. The second kappa shape index (κ2) is 8.14. The molecule has 112 valence electrons. The maximum atomic E-state index is 5.81. The van der Waals surface area contributed by atoms with Crippen molar-refractivity contribution in [3.8, 4) is 0 Å². The number of aryl methyl sites for hydroxylation is 1. The molecular formula is C14H23N3O2S. The van der Waals surface area contributed by atoms with Crippen LogP contribution in [-0.4, -0.2) is 50.0 Å². The normalized spacial score (nSPS) is 12.2. The van der Waals surface area contributed by atoms with Crippen molar-refractivity contribution in [1.29, 1.82) is 0 Å². The van der Waals surface area contributed by atoms with Gasteiger partial charge in [0, 0.05) is 26.5 Å². The van der Waals surface area contributed by atoms with Crippen LogP contribution in [0.5, 0.6) is 0 Å². The van der Waals surface area contributed by atoms with Crippen molar-refractivity contribution >= 4 is 23.0 Å². The number of nitrogens with two attached hydrogens (primary N) is 1. The fraction of sp³-hybridized carbons (Fsp3) is 0.571. The maximum Gasteiger partial charge on any atom is 0.139 e. The average Bonchev–Trinajstić information content (AvgIpc) is 2.39. The van der Waals surface area contributed by atoms with E-state index in [0.717, 1.165) is 17.1 Å². The zero-order chi connectivity index (χ0) is 15.1. The van der Waals surface area contributed by atoms with Crippen LogP contribution < -0.4 is 10.6 Å². The Labute approximate surface area is 126 Å². The molecule has 0 amide bonds. The number of pyridine rings is 1. The Kier molecular flexibility index (Phi) is 6.84. The highest BCUT2D eigenvalue weighted by atomic mass is 32.1. The van der Waals surface area contributed by atoms with Crippen LogP contribution in [0.25, 0.3) is 0 Å². The van der Waals surface area contributed by atoms with Gasteiger partial charge in [0.05, 0.1) is 24.8 Å². The first-order valence-electron chi connectivity index (χ1n) is 6.53. The lowest BCUT2D eigenvalue weighted by Crippen LogP contribution is -2.40. The molecule has 1 atom stereocenters. The van der Waals surface area contributed by atoms with Crippen molar-refractivity contribution in [1.82, 2.24) is 4.98 Å². The summed E-state index contributed by atoms with van der Waals surface area (Å²) >= 11 is 5.12. The minimum Gasteiger partial charge on any atom is -0.389 e. The first-order valence-corrected chi connectivity index (χ1v) is 6.94. The van der Waals surface area contributed by atoms with Crippen LogP contribution >= 0.6 is 12.2 Å². The number of anilines is 1. The van der Waals surface area contributed by atoms with Gasteiger partial charge in [0.15, 0.2) is 0 Å². The first-order chi connectivity index (χ1) is 9.51. The molecule has 1 aromatic rings. The molecule has 0 saturated carbocycles. The Morgan fingerprint density at radius 1 is 1.40 bits per heavy atom. The summed E-state index contributed by atoms with van der Waals surface area (Å²) in [5, 5.41) is 0. The molecule has 1 rings (SSSR count). The lowest BCUT2D eigenvalue weighted by molar-refractivity contribution is 0.170. The number of rotatable bonds is 8. The monoisotopic (exact) mass is 297 g/mol. The van der Waals surface area contributed by atoms with E-state index >= 15 is 0 Å². The third-order valence-corrected chi connectivity index (χ3v) is 3.25. The van der Waals surface area contributed by atoms with Gasteiger partial charge in [-0.2, -0.15) is 0 Å². The molecule has 0 aliphatic carbocycles. The van der Waals surface area contributed by atoms with E-state index in [1.54, 1.807) is 14.2 Å². The van der Waals surface area contributed by atoms with Gasteiger partial charge in [0.25, 0.3) is 0 Å². The Morgan fingerprint density at radius 3 is 2.65 bits per heavy atom. The summed E-state index contributed by atoms with van der Waals surface area (Å²) in [4.78, 5) is 7.06. The van der Waals surface area contributed by atoms with Crippen molar-refractivity contribution in [2.45, 2.75) is 19.9 Å². The third-order valence-electron chi connectivity index (χ3n) is 3.03. The van der Waals surface area contributed by atoms with Gasteiger partial charge in [-0.25, -0.2) is 4.98 Å².